The number of hydrogen-bond acceptors (Lipinski definition) is 11. The van der Waals surface area contributed by atoms with E-state index in [0.29, 0.717) is 11.5 Å². The first-order valence-corrected chi connectivity index (χ1v) is 12.3. The van der Waals surface area contributed by atoms with Crippen molar-refractivity contribution in [2.45, 2.75) is 56.7 Å². The number of rotatable bonds is 6. The fourth-order valence-electron chi connectivity index (χ4n) is 2.96. The molecular weight excluding hydrogens is 448 g/mol. The van der Waals surface area contributed by atoms with Gasteiger partial charge in [-0.15, -0.1) is 22.0 Å². The summed E-state index contributed by atoms with van der Waals surface area (Å²) in [5.41, 5.74) is 4.20. The van der Waals surface area contributed by atoms with E-state index in [1.165, 1.54) is 41.8 Å². The maximum absolute atomic E-state index is 13.2. The minimum Gasteiger partial charge on any atom is -0.425 e. The van der Waals surface area contributed by atoms with Gasteiger partial charge in [-0.2, -0.15) is 0 Å². The Balaban J connectivity index is 1.72. The predicted molar refractivity (Wildman–Crippen MR) is 115 cm³/mol. The summed E-state index contributed by atoms with van der Waals surface area (Å²) < 4.78 is 11.5. The largest absolute Gasteiger partial charge is 0.425 e. The molecule has 4 atom stereocenters. The van der Waals surface area contributed by atoms with Crippen LogP contribution in [-0.2, 0) is 23.9 Å². The number of ether oxygens (including phenoxy) is 2. The van der Waals surface area contributed by atoms with Crippen LogP contribution >= 0.6 is 34.9 Å². The number of hydrogen-bond donors (Lipinski definition) is 1. The van der Waals surface area contributed by atoms with Crippen LogP contribution < -0.4 is 5.73 Å². The van der Waals surface area contributed by atoms with Gasteiger partial charge < -0.3 is 20.1 Å². The molecule has 3 heterocycles. The van der Waals surface area contributed by atoms with Gasteiger partial charge in [-0.1, -0.05) is 23.1 Å². The number of carbonyl (C=O) groups excluding carboxylic acids is 3. The number of nitrogens with two attached hydrogens (primary N) is 1. The van der Waals surface area contributed by atoms with Crippen molar-refractivity contribution in [3.8, 4) is 0 Å². The van der Waals surface area contributed by atoms with Gasteiger partial charge in [0.2, 0.25) is 12.2 Å². The minimum absolute atomic E-state index is 0.122. The van der Waals surface area contributed by atoms with Gasteiger partial charge in [0.15, 0.2) is 4.34 Å². The van der Waals surface area contributed by atoms with Gasteiger partial charge in [0.1, 0.15) is 21.8 Å². The molecule has 1 aromatic heterocycles. The molecule has 1 aromatic rings. The lowest BCUT2D eigenvalue weighted by Crippen LogP contribution is -2.72. The Morgan fingerprint density at radius 3 is 2.67 bits per heavy atom. The number of thioether (sulfide) groups is 2. The maximum Gasteiger partial charge on any atom is 0.318 e. The zero-order valence-electron chi connectivity index (χ0n) is 17.5. The molecule has 2 fully saturated rings. The van der Waals surface area contributed by atoms with E-state index in [9.17, 15) is 14.4 Å². The van der Waals surface area contributed by atoms with Gasteiger partial charge >= 0.3 is 11.9 Å². The summed E-state index contributed by atoms with van der Waals surface area (Å²) in [6, 6.07) is -0.533. The molecule has 0 bridgehead atoms. The molecule has 2 saturated heterocycles. The third kappa shape index (κ3) is 4.76. The molecule has 3 rings (SSSR count). The van der Waals surface area contributed by atoms with Crippen LogP contribution in [-0.4, -0.2) is 68.7 Å². The molecule has 2 N–H and O–H groups in total. The molecule has 0 radical (unpaired) electrons. The van der Waals surface area contributed by atoms with E-state index in [-0.39, 0.29) is 17.8 Å². The Labute approximate surface area is 187 Å². The first-order valence-electron chi connectivity index (χ1n) is 9.46. The van der Waals surface area contributed by atoms with E-state index in [1.54, 1.807) is 25.7 Å². The number of esters is 2. The fourth-order valence-corrected chi connectivity index (χ4v) is 6.57. The van der Waals surface area contributed by atoms with Crippen molar-refractivity contribution in [2.75, 3.05) is 18.1 Å². The van der Waals surface area contributed by atoms with Gasteiger partial charge in [0.25, 0.3) is 0 Å². The number of fused-ring (bicyclic) bond motifs is 1. The van der Waals surface area contributed by atoms with E-state index < -0.39 is 35.1 Å². The minimum atomic E-state index is -1.04. The van der Waals surface area contributed by atoms with Crippen molar-refractivity contribution in [3.63, 3.8) is 0 Å². The number of carbonyl (C=O) groups is 3. The Morgan fingerprint density at radius 2 is 2.07 bits per heavy atom. The molecule has 2 aliphatic rings. The fraction of sp³-hybridized carbons (Fsp3) is 0.722. The Kier molecular flexibility index (Phi) is 6.71. The van der Waals surface area contributed by atoms with Crippen molar-refractivity contribution in [1.82, 2.24) is 15.1 Å². The van der Waals surface area contributed by atoms with Crippen LogP contribution in [0.1, 0.15) is 32.7 Å². The van der Waals surface area contributed by atoms with Crippen LogP contribution in [0.3, 0.4) is 0 Å². The van der Waals surface area contributed by atoms with E-state index in [2.05, 4.69) is 10.2 Å². The lowest BCUT2D eigenvalue weighted by atomic mass is 9.89. The average molecular weight is 475 g/mol. The van der Waals surface area contributed by atoms with Crippen molar-refractivity contribution in [1.29, 1.82) is 0 Å². The summed E-state index contributed by atoms with van der Waals surface area (Å²) in [4.78, 5) is 39.1. The van der Waals surface area contributed by atoms with Crippen molar-refractivity contribution < 1.29 is 23.9 Å². The number of nitrogens with zero attached hydrogens (tertiary/aromatic N) is 3. The first kappa shape index (κ1) is 23.3. The number of aromatic nitrogens is 2. The van der Waals surface area contributed by atoms with E-state index in [1.807, 2.05) is 6.92 Å². The summed E-state index contributed by atoms with van der Waals surface area (Å²) in [5, 5.41) is 8.81. The summed E-state index contributed by atoms with van der Waals surface area (Å²) in [5.74, 6) is -0.340. The van der Waals surface area contributed by atoms with Crippen LogP contribution in [0.15, 0.2) is 4.34 Å². The maximum atomic E-state index is 13.2. The first-order chi connectivity index (χ1) is 13.9. The van der Waals surface area contributed by atoms with Crippen molar-refractivity contribution in [3.05, 3.63) is 5.01 Å². The second kappa shape index (κ2) is 8.64. The number of amides is 1. The molecule has 9 nitrogen and oxygen atoms in total. The highest BCUT2D eigenvalue weighted by Gasteiger charge is 2.56. The third-order valence-electron chi connectivity index (χ3n) is 4.76. The number of β-lactam (4-membered cyclic amide) rings is 1. The molecule has 30 heavy (non-hydrogen) atoms. The monoisotopic (exact) mass is 474 g/mol. The molecule has 2 aliphatic heterocycles. The van der Waals surface area contributed by atoms with Crippen LogP contribution in [0.2, 0.25) is 0 Å². The predicted octanol–water partition coefficient (Wildman–Crippen LogP) is 1.65. The molecular formula is C18H26N4O5S3. The van der Waals surface area contributed by atoms with Crippen molar-refractivity contribution in [2.24, 2.45) is 16.6 Å². The molecule has 0 spiro atoms. The van der Waals surface area contributed by atoms with Gasteiger partial charge in [-0.3, -0.25) is 14.4 Å². The summed E-state index contributed by atoms with van der Waals surface area (Å²) in [6.45, 7) is 8.76. The van der Waals surface area contributed by atoms with Gasteiger partial charge in [-0.05, 0) is 27.7 Å². The SMILES string of the molecule is Cc1nnc(SCC2(C(=O)OC(C)OC(=O)C(C)(C)C)CS[C@@H]3C(N)C(=O)N3C2)s1. The molecule has 1 amide bonds. The second-order valence-corrected chi connectivity index (χ2v) is 12.0. The third-order valence-corrected chi connectivity index (χ3v) is 8.63. The average Bonchev–Trinajstić information content (AvgIpc) is 3.09. The standard InChI is InChI=1S/C18H26N4O5S3/c1-9-20-21-16(30-9)29-8-18(6-22-12(23)11(19)13(22)28-7-18)15(25)27-10(2)26-14(24)17(3,4)5/h10-11,13H,6-8,19H2,1-5H3/t10?,11?,13-,18?/m1/s1. The number of aryl methyl sites for hydroxylation is 1. The van der Waals surface area contributed by atoms with Crippen LogP contribution in [0.25, 0.3) is 0 Å². The van der Waals surface area contributed by atoms with Gasteiger partial charge in [0.05, 0.1) is 5.41 Å². The zero-order valence-corrected chi connectivity index (χ0v) is 20.0. The topological polar surface area (TPSA) is 125 Å². The Bertz CT molecular complexity index is 842. The lowest BCUT2D eigenvalue weighted by molar-refractivity contribution is -0.196. The normalized spacial score (nSPS) is 27.1. The zero-order chi connectivity index (χ0) is 22.3. The second-order valence-electron chi connectivity index (χ2n) is 8.48. The smallest absolute Gasteiger partial charge is 0.318 e. The van der Waals surface area contributed by atoms with Crippen LogP contribution in [0.5, 0.6) is 0 Å². The lowest BCUT2D eigenvalue weighted by Gasteiger charge is -2.53. The van der Waals surface area contributed by atoms with E-state index in [4.69, 9.17) is 15.2 Å². The van der Waals surface area contributed by atoms with Crippen LogP contribution in [0.4, 0.5) is 0 Å². The molecule has 0 aromatic carbocycles. The van der Waals surface area contributed by atoms with Crippen LogP contribution in [0, 0.1) is 17.8 Å². The van der Waals surface area contributed by atoms with E-state index >= 15 is 0 Å². The molecule has 0 aliphatic carbocycles. The Morgan fingerprint density at radius 1 is 1.37 bits per heavy atom. The van der Waals surface area contributed by atoms with Gasteiger partial charge in [-0.25, -0.2) is 0 Å². The highest BCUT2D eigenvalue weighted by molar-refractivity contribution is 8.01. The van der Waals surface area contributed by atoms with Crippen molar-refractivity contribution >= 4 is 52.7 Å². The highest BCUT2D eigenvalue weighted by Crippen LogP contribution is 2.44. The summed E-state index contributed by atoms with van der Waals surface area (Å²) in [7, 11) is 0. The van der Waals surface area contributed by atoms with Gasteiger partial charge in [0, 0.05) is 25.0 Å². The molecule has 0 saturated carbocycles. The summed E-state index contributed by atoms with van der Waals surface area (Å²) in [6.07, 6.45) is -1.04. The molecule has 3 unspecified atom stereocenters. The molecule has 166 valence electrons. The summed E-state index contributed by atoms with van der Waals surface area (Å²) >= 11 is 4.31. The quantitative estimate of drug-likeness (QED) is 0.281. The highest BCUT2D eigenvalue weighted by atomic mass is 32.2. The molecule has 12 heteroatoms. The Hall–Kier alpha value is -1.37. The van der Waals surface area contributed by atoms with E-state index in [0.717, 1.165) is 9.35 Å².